The summed E-state index contributed by atoms with van der Waals surface area (Å²) < 4.78 is 3.22. The van der Waals surface area contributed by atoms with E-state index in [0.717, 1.165) is 12.2 Å². The Balaban J connectivity index is 0.000000218. The van der Waals surface area contributed by atoms with Crippen molar-refractivity contribution in [2.45, 2.75) is 4.30 Å². The van der Waals surface area contributed by atoms with Gasteiger partial charge in [-0.3, -0.25) is 0 Å². The second-order valence-corrected chi connectivity index (χ2v) is 3.30. The Morgan fingerprint density at radius 2 is 1.36 bits per heavy atom. The average molecular weight is 217 g/mol. The third-order valence-electron chi connectivity index (χ3n) is 0.557. The Morgan fingerprint density at radius 3 is 1.45 bits per heavy atom. The summed E-state index contributed by atoms with van der Waals surface area (Å²) in [6.45, 7) is 0. The van der Waals surface area contributed by atoms with Crippen LogP contribution < -0.4 is 0 Å². The van der Waals surface area contributed by atoms with Crippen LogP contribution in [0.25, 0.3) is 0 Å². The minimum absolute atomic E-state index is 0.579. The molecular formula is C5H3Cl3O3. The van der Waals surface area contributed by atoms with Crippen molar-refractivity contribution in [3.05, 3.63) is 12.2 Å². The highest BCUT2D eigenvalue weighted by molar-refractivity contribution is 6.63. The fourth-order valence-corrected chi connectivity index (χ4v) is 0.303. The Bertz CT molecular complexity index is 169. The van der Waals surface area contributed by atoms with E-state index in [1.54, 1.807) is 0 Å². The second-order valence-electron chi connectivity index (χ2n) is 1.32. The molecule has 1 aliphatic heterocycles. The van der Waals surface area contributed by atoms with Crippen LogP contribution >= 0.6 is 34.8 Å². The van der Waals surface area contributed by atoms with E-state index in [4.69, 9.17) is 34.8 Å². The molecule has 0 amide bonds. The first-order valence-corrected chi connectivity index (χ1v) is 3.69. The molecule has 0 N–H and O–H groups in total. The van der Waals surface area contributed by atoms with E-state index in [1.165, 1.54) is 0 Å². The zero-order chi connectivity index (χ0) is 8.85. The maximum Gasteiger partial charge on any atom is 0.338 e. The highest BCUT2D eigenvalue weighted by atomic mass is 35.6. The van der Waals surface area contributed by atoms with Gasteiger partial charge in [0, 0.05) is 12.2 Å². The van der Waals surface area contributed by atoms with Crippen LogP contribution in [0.2, 0.25) is 0 Å². The largest absolute Gasteiger partial charge is 0.387 e. The molecule has 1 heterocycles. The van der Waals surface area contributed by atoms with Crippen LogP contribution in [0.4, 0.5) is 0 Å². The highest BCUT2D eigenvalue weighted by Gasteiger charge is 2.10. The van der Waals surface area contributed by atoms with Crippen molar-refractivity contribution < 1.29 is 14.3 Å². The molecule has 0 saturated carbocycles. The van der Waals surface area contributed by atoms with Crippen LogP contribution in [0.15, 0.2) is 12.2 Å². The molecule has 0 aromatic heterocycles. The number of ether oxygens (including phenoxy) is 1. The molecule has 1 aliphatic rings. The molecule has 6 heteroatoms. The predicted octanol–water partition coefficient (Wildman–Crippen LogP) is 1.61. The molecule has 0 bridgehead atoms. The number of rotatable bonds is 0. The van der Waals surface area contributed by atoms with Gasteiger partial charge in [-0.25, -0.2) is 9.59 Å². The summed E-state index contributed by atoms with van der Waals surface area (Å²) in [6.07, 6.45) is 2.17. The molecule has 3 nitrogen and oxygen atoms in total. The first-order valence-electron chi connectivity index (χ1n) is 2.38. The molecule has 1 rings (SSSR count). The van der Waals surface area contributed by atoms with Gasteiger partial charge in [-0.05, 0) is 0 Å². The Hall–Kier alpha value is -0.250. The number of carbonyl (C=O) groups excluding carboxylic acids is 2. The van der Waals surface area contributed by atoms with Gasteiger partial charge in [0.2, 0.25) is 0 Å². The van der Waals surface area contributed by atoms with Crippen LogP contribution in [0, 0.1) is 0 Å². The van der Waals surface area contributed by atoms with E-state index in [2.05, 4.69) is 4.74 Å². The van der Waals surface area contributed by atoms with Crippen LogP contribution in [-0.4, -0.2) is 16.2 Å². The summed E-state index contributed by atoms with van der Waals surface area (Å²) in [5.41, 5.74) is 0. The van der Waals surface area contributed by atoms with E-state index >= 15 is 0 Å². The van der Waals surface area contributed by atoms with E-state index < -0.39 is 16.2 Å². The van der Waals surface area contributed by atoms with Gasteiger partial charge < -0.3 is 4.74 Å². The number of carbonyl (C=O) groups is 2. The molecule has 0 saturated heterocycles. The molecule has 0 aliphatic carbocycles. The lowest BCUT2D eigenvalue weighted by molar-refractivity contribution is -0.150. The monoisotopic (exact) mass is 216 g/mol. The number of esters is 2. The molecule has 0 spiro atoms. The first kappa shape index (κ1) is 10.8. The minimum atomic E-state index is -0.750. The smallest absolute Gasteiger partial charge is 0.338 e. The van der Waals surface area contributed by atoms with Gasteiger partial charge >= 0.3 is 11.9 Å². The SMILES string of the molecule is ClC(Cl)Cl.O=C1C=CC(=O)O1. The van der Waals surface area contributed by atoms with Gasteiger partial charge in [0.15, 0.2) is 4.30 Å². The van der Waals surface area contributed by atoms with Crippen molar-refractivity contribution in [3.63, 3.8) is 0 Å². The van der Waals surface area contributed by atoms with Gasteiger partial charge in [-0.2, -0.15) is 0 Å². The fourth-order valence-electron chi connectivity index (χ4n) is 0.303. The molecule has 11 heavy (non-hydrogen) atoms. The summed E-state index contributed by atoms with van der Waals surface area (Å²) in [7, 11) is 0. The molecule has 0 aromatic rings. The Kier molecular flexibility index (Phi) is 5.28. The second kappa shape index (κ2) is 5.41. The highest BCUT2D eigenvalue weighted by Crippen LogP contribution is 2.03. The first-order chi connectivity index (χ1) is 5.02. The summed E-state index contributed by atoms with van der Waals surface area (Å²) in [5.74, 6) is -1.16. The van der Waals surface area contributed by atoms with E-state index in [0.29, 0.717) is 0 Å². The number of hydrogen-bond donors (Lipinski definition) is 0. The summed E-state index contributed by atoms with van der Waals surface area (Å²) >= 11 is 14.4. The van der Waals surface area contributed by atoms with Crippen molar-refractivity contribution in [2.24, 2.45) is 0 Å². The molecule has 62 valence electrons. The molecule has 0 fully saturated rings. The average Bonchev–Trinajstić information content (AvgIpc) is 2.13. The van der Waals surface area contributed by atoms with Crippen molar-refractivity contribution in [1.29, 1.82) is 0 Å². The van der Waals surface area contributed by atoms with Gasteiger partial charge in [0.05, 0.1) is 0 Å². The minimum Gasteiger partial charge on any atom is -0.387 e. The third-order valence-corrected chi connectivity index (χ3v) is 0.557. The summed E-state index contributed by atoms with van der Waals surface area (Å²) in [6, 6.07) is 0. The zero-order valence-electron chi connectivity index (χ0n) is 5.09. The number of cyclic esters (lactones) is 2. The standard InChI is InChI=1S/C4H2O3.CHCl3/c5-3-1-2-4(6)7-3;2-1(3)4/h1-2H;1H. The van der Waals surface area contributed by atoms with Gasteiger partial charge in [0.1, 0.15) is 0 Å². The maximum atomic E-state index is 9.92. The summed E-state index contributed by atoms with van der Waals surface area (Å²) in [5, 5.41) is 0. The molecule has 0 unspecified atom stereocenters. The Morgan fingerprint density at radius 1 is 1.09 bits per heavy atom. The molecular weight excluding hydrogens is 214 g/mol. The van der Waals surface area contributed by atoms with Crippen molar-refractivity contribution in [2.75, 3.05) is 0 Å². The number of halogens is 3. The van der Waals surface area contributed by atoms with Crippen LogP contribution in [0.3, 0.4) is 0 Å². The molecule has 0 radical (unpaired) electrons. The predicted molar refractivity (Wildman–Crippen MR) is 41.6 cm³/mol. The van der Waals surface area contributed by atoms with E-state index in [1.807, 2.05) is 0 Å². The van der Waals surface area contributed by atoms with Crippen molar-refractivity contribution in [1.82, 2.24) is 0 Å². The van der Waals surface area contributed by atoms with E-state index in [9.17, 15) is 9.59 Å². The zero-order valence-corrected chi connectivity index (χ0v) is 7.36. The summed E-state index contributed by atoms with van der Waals surface area (Å²) in [4.78, 5) is 19.8. The molecule has 0 aromatic carbocycles. The van der Waals surface area contributed by atoms with Crippen LogP contribution in [-0.2, 0) is 14.3 Å². The lowest BCUT2D eigenvalue weighted by Crippen LogP contribution is -1.96. The van der Waals surface area contributed by atoms with Crippen LogP contribution in [0.5, 0.6) is 0 Å². The third kappa shape index (κ3) is 7.65. The topological polar surface area (TPSA) is 43.4 Å². The quantitative estimate of drug-likeness (QED) is 0.352. The maximum absolute atomic E-state index is 9.92. The lowest BCUT2D eigenvalue weighted by Gasteiger charge is -1.80. The van der Waals surface area contributed by atoms with Gasteiger partial charge in [-0.15, -0.1) is 0 Å². The number of hydrogen-bond acceptors (Lipinski definition) is 3. The van der Waals surface area contributed by atoms with Crippen molar-refractivity contribution in [3.8, 4) is 0 Å². The Labute approximate surface area is 77.9 Å². The number of alkyl halides is 3. The van der Waals surface area contributed by atoms with Gasteiger partial charge in [-0.1, -0.05) is 34.8 Å². The lowest BCUT2D eigenvalue weighted by atomic mass is 10.6. The molecule has 0 atom stereocenters. The van der Waals surface area contributed by atoms with E-state index in [-0.39, 0.29) is 0 Å². The van der Waals surface area contributed by atoms with Crippen LogP contribution in [0.1, 0.15) is 0 Å². The van der Waals surface area contributed by atoms with Gasteiger partial charge in [0.25, 0.3) is 0 Å². The van der Waals surface area contributed by atoms with Crippen molar-refractivity contribution >= 4 is 46.7 Å². The normalized spacial score (nSPS) is 14.5. The fraction of sp³-hybridized carbons (Fsp3) is 0.200.